The Kier molecular flexibility index (Phi) is 6.01. The minimum atomic E-state index is -1.12. The Morgan fingerprint density at radius 3 is 2.53 bits per heavy atom. The van der Waals surface area contributed by atoms with E-state index in [1.807, 2.05) is 0 Å². The van der Waals surface area contributed by atoms with Crippen LogP contribution in [0.4, 0.5) is 4.79 Å². The van der Waals surface area contributed by atoms with Gasteiger partial charge < -0.3 is 20.0 Å². The van der Waals surface area contributed by atoms with Gasteiger partial charge in [0.15, 0.2) is 0 Å². The van der Waals surface area contributed by atoms with Gasteiger partial charge in [-0.1, -0.05) is 5.16 Å². The van der Waals surface area contributed by atoms with E-state index < -0.39 is 30.3 Å². The smallest absolute Gasteiger partial charge is 0.408 e. The zero-order chi connectivity index (χ0) is 13.5. The van der Waals surface area contributed by atoms with Gasteiger partial charge >= 0.3 is 12.1 Å². The summed E-state index contributed by atoms with van der Waals surface area (Å²) in [7, 11) is 0. The molecular weight excluding hydrogens is 228 g/mol. The summed E-state index contributed by atoms with van der Waals surface area (Å²) < 4.78 is 5.01. The van der Waals surface area contributed by atoms with Crippen LogP contribution in [0.2, 0.25) is 0 Å². The highest BCUT2D eigenvalue weighted by atomic mass is 16.6. The number of nitrogens with one attached hydrogen (secondary N) is 1. The van der Waals surface area contributed by atoms with Crippen LogP contribution in [-0.2, 0) is 14.4 Å². The maximum absolute atomic E-state index is 11.3. The Bertz CT molecular complexity index is 296. The molecule has 1 unspecified atom stereocenters. The van der Waals surface area contributed by atoms with Crippen molar-refractivity contribution in [1.82, 2.24) is 5.32 Å². The lowest BCUT2D eigenvalue weighted by molar-refractivity contribution is -0.142. The van der Waals surface area contributed by atoms with E-state index in [0.29, 0.717) is 0 Å². The van der Waals surface area contributed by atoms with E-state index in [9.17, 15) is 9.59 Å². The number of hydrogen-bond donors (Lipinski definition) is 2. The van der Waals surface area contributed by atoms with Crippen molar-refractivity contribution >= 4 is 18.3 Å². The van der Waals surface area contributed by atoms with Crippen LogP contribution in [0.1, 0.15) is 27.7 Å². The Morgan fingerprint density at radius 2 is 2.06 bits per heavy atom. The van der Waals surface area contributed by atoms with E-state index in [1.54, 1.807) is 27.7 Å². The van der Waals surface area contributed by atoms with Crippen LogP contribution in [0, 0.1) is 0 Å². The minimum Gasteiger partial charge on any atom is -0.479 e. The maximum Gasteiger partial charge on any atom is 0.408 e. The standard InChI is InChI=1S/C10H18N2O5/c1-7(5-11-16-6-8(13)14)12-9(15)17-10(2,3)4/h5,7H,6H2,1-4H3,(H,12,15)(H,13,14)/b11-5+. The molecule has 1 atom stereocenters. The van der Waals surface area contributed by atoms with Crippen LogP contribution in [0.15, 0.2) is 5.16 Å². The van der Waals surface area contributed by atoms with E-state index in [4.69, 9.17) is 9.84 Å². The largest absolute Gasteiger partial charge is 0.479 e. The van der Waals surface area contributed by atoms with E-state index >= 15 is 0 Å². The fourth-order valence-corrected chi connectivity index (χ4v) is 0.758. The Hall–Kier alpha value is -1.79. The first-order valence-electron chi connectivity index (χ1n) is 5.07. The highest BCUT2D eigenvalue weighted by Crippen LogP contribution is 2.06. The molecule has 0 saturated heterocycles. The van der Waals surface area contributed by atoms with Crippen LogP contribution in [0.3, 0.4) is 0 Å². The second-order valence-corrected chi connectivity index (χ2v) is 4.36. The number of nitrogens with zero attached hydrogens (tertiary/aromatic N) is 1. The number of carbonyl (C=O) groups excluding carboxylic acids is 1. The second-order valence-electron chi connectivity index (χ2n) is 4.36. The fraction of sp³-hybridized carbons (Fsp3) is 0.700. The number of hydrogen-bond acceptors (Lipinski definition) is 5. The van der Waals surface area contributed by atoms with Gasteiger partial charge in [-0.3, -0.25) is 0 Å². The van der Waals surface area contributed by atoms with Crippen LogP contribution in [-0.4, -0.2) is 41.6 Å². The van der Waals surface area contributed by atoms with Crippen molar-refractivity contribution in [3.63, 3.8) is 0 Å². The van der Waals surface area contributed by atoms with Gasteiger partial charge in [-0.25, -0.2) is 9.59 Å². The Morgan fingerprint density at radius 1 is 1.47 bits per heavy atom. The van der Waals surface area contributed by atoms with Gasteiger partial charge in [-0.05, 0) is 27.7 Å². The SMILES string of the molecule is CC(/C=N/OCC(=O)O)NC(=O)OC(C)(C)C. The molecule has 7 nitrogen and oxygen atoms in total. The fourth-order valence-electron chi connectivity index (χ4n) is 0.758. The third-order valence-electron chi connectivity index (χ3n) is 1.29. The molecule has 0 aliphatic heterocycles. The summed E-state index contributed by atoms with van der Waals surface area (Å²) in [4.78, 5) is 25.8. The number of aliphatic carboxylic acids is 1. The zero-order valence-electron chi connectivity index (χ0n) is 10.4. The molecule has 2 N–H and O–H groups in total. The summed E-state index contributed by atoms with van der Waals surface area (Å²) in [5, 5.41) is 14.1. The average molecular weight is 246 g/mol. The first-order valence-corrected chi connectivity index (χ1v) is 5.07. The van der Waals surface area contributed by atoms with E-state index in [1.165, 1.54) is 6.21 Å². The van der Waals surface area contributed by atoms with Crippen molar-refractivity contribution in [2.75, 3.05) is 6.61 Å². The van der Waals surface area contributed by atoms with E-state index in [-0.39, 0.29) is 0 Å². The van der Waals surface area contributed by atoms with Crippen molar-refractivity contribution in [2.24, 2.45) is 5.16 Å². The second kappa shape index (κ2) is 6.72. The minimum absolute atomic E-state index is 0.418. The van der Waals surface area contributed by atoms with Gasteiger partial charge in [0.05, 0.1) is 12.3 Å². The molecule has 1 amide bonds. The number of carboxylic acid groups (broad SMARTS) is 1. The van der Waals surface area contributed by atoms with Gasteiger partial charge in [0.25, 0.3) is 0 Å². The number of ether oxygens (including phenoxy) is 1. The van der Waals surface area contributed by atoms with Crippen molar-refractivity contribution in [1.29, 1.82) is 0 Å². The first kappa shape index (κ1) is 15.2. The molecule has 98 valence electrons. The number of oxime groups is 1. The number of carboxylic acids is 1. The number of carbonyl (C=O) groups is 2. The molecule has 0 aromatic rings. The molecule has 0 aromatic heterocycles. The van der Waals surface area contributed by atoms with Gasteiger partial charge in [-0.2, -0.15) is 0 Å². The predicted molar refractivity (Wildman–Crippen MR) is 60.9 cm³/mol. The lowest BCUT2D eigenvalue weighted by Gasteiger charge is -2.20. The molecule has 0 aliphatic carbocycles. The summed E-state index contributed by atoms with van der Waals surface area (Å²) in [5.74, 6) is -1.12. The normalized spacial score (nSPS) is 13.2. The molecule has 7 heteroatoms. The van der Waals surface area contributed by atoms with Crippen molar-refractivity contribution in [3.05, 3.63) is 0 Å². The Balaban J connectivity index is 3.89. The van der Waals surface area contributed by atoms with Crippen LogP contribution in [0.25, 0.3) is 0 Å². The Labute approximate surface area is 99.8 Å². The summed E-state index contributed by atoms with van der Waals surface area (Å²) in [5.41, 5.74) is -0.569. The highest BCUT2D eigenvalue weighted by Gasteiger charge is 2.16. The summed E-state index contributed by atoms with van der Waals surface area (Å²) >= 11 is 0. The van der Waals surface area contributed by atoms with Gasteiger partial charge in [0.1, 0.15) is 5.60 Å². The third-order valence-corrected chi connectivity index (χ3v) is 1.29. The first-order chi connectivity index (χ1) is 7.70. The monoisotopic (exact) mass is 246 g/mol. The molecule has 0 fully saturated rings. The molecule has 0 bridgehead atoms. The molecular formula is C10H18N2O5. The molecule has 0 rings (SSSR count). The molecule has 17 heavy (non-hydrogen) atoms. The molecule has 0 aliphatic rings. The van der Waals surface area contributed by atoms with Crippen LogP contribution >= 0.6 is 0 Å². The molecule has 0 radical (unpaired) electrons. The van der Waals surface area contributed by atoms with Crippen LogP contribution < -0.4 is 5.32 Å². The number of amides is 1. The van der Waals surface area contributed by atoms with E-state index in [0.717, 1.165) is 0 Å². The molecule has 0 spiro atoms. The van der Waals surface area contributed by atoms with Gasteiger partial charge in [0.2, 0.25) is 6.61 Å². The number of alkyl carbamates (subject to hydrolysis) is 1. The average Bonchev–Trinajstić information content (AvgIpc) is 2.08. The van der Waals surface area contributed by atoms with E-state index in [2.05, 4.69) is 15.3 Å². The maximum atomic E-state index is 11.3. The molecule has 0 aromatic carbocycles. The van der Waals surface area contributed by atoms with Gasteiger partial charge in [-0.15, -0.1) is 0 Å². The van der Waals surface area contributed by atoms with Crippen LogP contribution in [0.5, 0.6) is 0 Å². The molecule has 0 saturated carbocycles. The lowest BCUT2D eigenvalue weighted by Crippen LogP contribution is -2.38. The van der Waals surface area contributed by atoms with Gasteiger partial charge in [0, 0.05) is 0 Å². The van der Waals surface area contributed by atoms with Crippen molar-refractivity contribution in [3.8, 4) is 0 Å². The quantitative estimate of drug-likeness (QED) is 0.556. The van der Waals surface area contributed by atoms with Crippen molar-refractivity contribution < 1.29 is 24.3 Å². The highest BCUT2D eigenvalue weighted by molar-refractivity contribution is 5.74. The third kappa shape index (κ3) is 10.5. The predicted octanol–water partition coefficient (Wildman–Crippen LogP) is 0.987. The zero-order valence-corrected chi connectivity index (χ0v) is 10.4. The summed E-state index contributed by atoms with van der Waals surface area (Å²) in [6.07, 6.45) is 0.696. The van der Waals surface area contributed by atoms with Crippen molar-refractivity contribution in [2.45, 2.75) is 39.3 Å². The molecule has 0 heterocycles. The summed E-state index contributed by atoms with van der Waals surface area (Å²) in [6.45, 7) is 6.39. The summed E-state index contributed by atoms with van der Waals surface area (Å²) in [6, 6.07) is -0.418. The lowest BCUT2D eigenvalue weighted by atomic mass is 10.2. The number of rotatable bonds is 5. The topological polar surface area (TPSA) is 97.2 Å².